The van der Waals surface area contributed by atoms with E-state index in [0.717, 1.165) is 28.9 Å². The van der Waals surface area contributed by atoms with Gasteiger partial charge in [-0.1, -0.05) is 58.0 Å². The molecule has 1 heterocycles. The summed E-state index contributed by atoms with van der Waals surface area (Å²) in [6, 6.07) is 12.3. The van der Waals surface area contributed by atoms with Crippen molar-refractivity contribution in [3.05, 3.63) is 70.8 Å². The summed E-state index contributed by atoms with van der Waals surface area (Å²) in [5, 5.41) is 21.8. The van der Waals surface area contributed by atoms with E-state index in [2.05, 4.69) is 25.9 Å². The second-order valence-corrected chi connectivity index (χ2v) is 7.47. The molecule has 0 aliphatic carbocycles. The highest BCUT2D eigenvalue weighted by atomic mass is 16.5. The first-order valence-electron chi connectivity index (χ1n) is 10.9. The van der Waals surface area contributed by atoms with E-state index in [4.69, 9.17) is 9.84 Å². The van der Waals surface area contributed by atoms with E-state index in [-0.39, 0.29) is 11.2 Å². The van der Waals surface area contributed by atoms with Crippen LogP contribution in [0.5, 0.6) is 5.75 Å². The molecule has 3 rings (SSSR count). The third kappa shape index (κ3) is 6.99. The smallest absolute Gasteiger partial charge is 0.335 e. The van der Waals surface area contributed by atoms with Crippen molar-refractivity contribution in [3.8, 4) is 5.75 Å². The van der Waals surface area contributed by atoms with E-state index in [0.29, 0.717) is 11.6 Å². The molecule has 1 aliphatic rings. The minimum absolute atomic E-state index is 0.191. The molecule has 0 saturated heterocycles. The lowest BCUT2D eigenvalue weighted by Gasteiger charge is -2.36. The fourth-order valence-electron chi connectivity index (χ4n) is 3.47. The third-order valence-corrected chi connectivity index (χ3v) is 4.72. The fourth-order valence-corrected chi connectivity index (χ4v) is 3.47. The van der Waals surface area contributed by atoms with Gasteiger partial charge in [0.15, 0.2) is 0 Å². The van der Waals surface area contributed by atoms with E-state index in [1.165, 1.54) is 12.1 Å². The van der Waals surface area contributed by atoms with Crippen LogP contribution in [-0.4, -0.2) is 27.6 Å². The van der Waals surface area contributed by atoms with Crippen LogP contribution in [0.2, 0.25) is 0 Å². The van der Waals surface area contributed by atoms with Gasteiger partial charge in [0, 0.05) is 5.56 Å². The predicted molar refractivity (Wildman–Crippen MR) is 128 cm³/mol. The monoisotopic (exact) mass is 425 g/mol. The Kier molecular flexibility index (Phi) is 10.00. The Balaban J connectivity index is 0.00000113. The first-order valence-corrected chi connectivity index (χ1v) is 10.9. The van der Waals surface area contributed by atoms with Gasteiger partial charge in [0.05, 0.1) is 5.56 Å². The molecule has 168 valence electrons. The fraction of sp³-hybridized carbons (Fsp3) is 0.385. The van der Waals surface area contributed by atoms with Gasteiger partial charge in [0.1, 0.15) is 17.1 Å². The van der Waals surface area contributed by atoms with Crippen molar-refractivity contribution in [2.24, 2.45) is 5.16 Å². The molecule has 5 heteroatoms. The molecule has 1 unspecified atom stereocenters. The lowest BCUT2D eigenvalue weighted by molar-refractivity contribution is 0.0696. The van der Waals surface area contributed by atoms with Gasteiger partial charge in [-0.25, -0.2) is 4.79 Å². The Bertz CT molecular complexity index is 912. The lowest BCUT2D eigenvalue weighted by atomic mass is 9.84. The number of rotatable bonds is 4. The van der Waals surface area contributed by atoms with E-state index in [1.807, 2.05) is 45.9 Å². The highest BCUT2D eigenvalue weighted by molar-refractivity contribution is 6.10. The van der Waals surface area contributed by atoms with Crippen molar-refractivity contribution < 1.29 is 19.8 Å². The summed E-state index contributed by atoms with van der Waals surface area (Å²) < 4.78 is 6.05. The molecule has 5 nitrogen and oxygen atoms in total. The van der Waals surface area contributed by atoms with Gasteiger partial charge in [-0.15, -0.1) is 0 Å². The molecule has 0 amide bonds. The minimum atomic E-state index is -0.961. The summed E-state index contributed by atoms with van der Waals surface area (Å²) in [5.41, 5.74) is 3.19. The topological polar surface area (TPSA) is 79.1 Å². The molecule has 2 aromatic rings. The van der Waals surface area contributed by atoms with Crippen LogP contribution in [-0.2, 0) is 0 Å². The number of ether oxygens (including phenoxy) is 1. The lowest BCUT2D eigenvalue weighted by Crippen LogP contribution is -2.34. The van der Waals surface area contributed by atoms with Gasteiger partial charge >= 0.3 is 5.97 Å². The quantitative estimate of drug-likeness (QED) is 0.314. The molecule has 2 aromatic carbocycles. The zero-order valence-electron chi connectivity index (χ0n) is 19.6. The second-order valence-electron chi connectivity index (χ2n) is 7.47. The molecular formula is C26H35NO4. The SMILES string of the molecule is CC.CC.CC1CC(C)(C)Oc2ccc(C(/C=C/c3ccc(C(=O)O)cc3)=N\O)cc21. The summed E-state index contributed by atoms with van der Waals surface area (Å²) in [6.45, 7) is 14.3. The Hall–Kier alpha value is -3.08. The first-order chi connectivity index (χ1) is 14.8. The third-order valence-electron chi connectivity index (χ3n) is 4.72. The summed E-state index contributed by atoms with van der Waals surface area (Å²) >= 11 is 0. The number of nitrogens with zero attached hydrogens (tertiary/aromatic N) is 1. The maximum atomic E-state index is 10.9. The molecule has 0 bridgehead atoms. The number of benzene rings is 2. The van der Waals surface area contributed by atoms with Crippen LogP contribution in [0.1, 0.15) is 87.9 Å². The Labute approximate surface area is 186 Å². The van der Waals surface area contributed by atoms with Gasteiger partial charge in [-0.3, -0.25) is 0 Å². The molecule has 1 atom stereocenters. The molecule has 2 N–H and O–H groups in total. The predicted octanol–water partition coefficient (Wildman–Crippen LogP) is 6.99. The maximum absolute atomic E-state index is 10.9. The van der Waals surface area contributed by atoms with Crippen molar-refractivity contribution in [2.45, 2.75) is 66.4 Å². The van der Waals surface area contributed by atoms with E-state index in [9.17, 15) is 10.0 Å². The Morgan fingerprint density at radius 1 is 1.06 bits per heavy atom. The largest absolute Gasteiger partial charge is 0.488 e. The van der Waals surface area contributed by atoms with Crippen molar-refractivity contribution in [1.29, 1.82) is 0 Å². The van der Waals surface area contributed by atoms with Crippen molar-refractivity contribution >= 4 is 17.8 Å². The molecule has 0 spiro atoms. The number of oxime groups is 1. The van der Waals surface area contributed by atoms with Crippen LogP contribution in [0.25, 0.3) is 6.08 Å². The van der Waals surface area contributed by atoms with Crippen LogP contribution in [0, 0.1) is 0 Å². The van der Waals surface area contributed by atoms with Crippen molar-refractivity contribution in [2.75, 3.05) is 0 Å². The van der Waals surface area contributed by atoms with Gasteiger partial charge in [0.25, 0.3) is 0 Å². The van der Waals surface area contributed by atoms with Crippen molar-refractivity contribution in [1.82, 2.24) is 0 Å². The number of hydrogen-bond acceptors (Lipinski definition) is 4. The maximum Gasteiger partial charge on any atom is 0.335 e. The summed E-state index contributed by atoms with van der Waals surface area (Å²) in [7, 11) is 0. The molecule has 31 heavy (non-hydrogen) atoms. The van der Waals surface area contributed by atoms with E-state index < -0.39 is 5.97 Å². The summed E-state index contributed by atoms with van der Waals surface area (Å²) in [4.78, 5) is 10.9. The Morgan fingerprint density at radius 3 is 2.19 bits per heavy atom. The van der Waals surface area contributed by atoms with Crippen LogP contribution in [0.3, 0.4) is 0 Å². The zero-order valence-corrected chi connectivity index (χ0v) is 19.6. The average Bonchev–Trinajstić information content (AvgIpc) is 2.77. The van der Waals surface area contributed by atoms with E-state index >= 15 is 0 Å². The zero-order chi connectivity index (χ0) is 23.6. The molecule has 0 saturated carbocycles. The van der Waals surface area contributed by atoms with Gasteiger partial charge in [0.2, 0.25) is 0 Å². The molecule has 0 aromatic heterocycles. The number of carboxylic acids is 1. The normalized spacial score (nSPS) is 16.7. The van der Waals surface area contributed by atoms with E-state index in [1.54, 1.807) is 24.3 Å². The molecule has 0 radical (unpaired) electrons. The number of carboxylic acid groups (broad SMARTS) is 1. The number of fused-ring (bicyclic) bond motifs is 1. The van der Waals surface area contributed by atoms with Gasteiger partial charge in [-0.2, -0.15) is 0 Å². The number of allylic oxidation sites excluding steroid dienone is 1. The number of aromatic carboxylic acids is 1. The molecular weight excluding hydrogens is 390 g/mol. The Morgan fingerprint density at radius 2 is 1.65 bits per heavy atom. The average molecular weight is 426 g/mol. The van der Waals surface area contributed by atoms with Crippen LogP contribution >= 0.6 is 0 Å². The molecule has 0 fully saturated rings. The first kappa shape index (κ1) is 26.0. The van der Waals surface area contributed by atoms with Crippen LogP contribution in [0.15, 0.2) is 53.7 Å². The van der Waals surface area contributed by atoms with Crippen LogP contribution < -0.4 is 4.74 Å². The standard InChI is InChI=1S/C22H23NO4.2C2H6/c1-14-13-22(2,3)27-20-11-9-17(12-18(14)20)19(23-26)10-6-15-4-7-16(8-5-15)21(24)25;2*1-2/h4-12,14,26H,13H2,1-3H3,(H,24,25);2*1-2H3/b10-6+,23-19-;;. The molecule has 1 aliphatic heterocycles. The highest BCUT2D eigenvalue weighted by Crippen LogP contribution is 2.40. The van der Waals surface area contributed by atoms with Crippen LogP contribution in [0.4, 0.5) is 0 Å². The summed E-state index contributed by atoms with van der Waals surface area (Å²) in [6.07, 6.45) is 4.40. The van der Waals surface area contributed by atoms with Crippen molar-refractivity contribution in [3.63, 3.8) is 0 Å². The van der Waals surface area contributed by atoms with Gasteiger partial charge < -0.3 is 15.1 Å². The minimum Gasteiger partial charge on any atom is -0.488 e. The number of hydrogen-bond donors (Lipinski definition) is 2. The number of carbonyl (C=O) groups is 1. The summed E-state index contributed by atoms with van der Waals surface area (Å²) in [5.74, 6) is 0.251. The second kappa shape index (κ2) is 11.9. The highest BCUT2D eigenvalue weighted by Gasteiger charge is 2.31. The van der Waals surface area contributed by atoms with Gasteiger partial charge in [-0.05, 0) is 73.7 Å².